The van der Waals surface area contributed by atoms with Crippen LogP contribution in [0.5, 0.6) is 0 Å². The summed E-state index contributed by atoms with van der Waals surface area (Å²) in [4.78, 5) is 4.39. The lowest BCUT2D eigenvalue weighted by molar-refractivity contribution is 0.543. The number of nitrogens with one attached hydrogen (secondary N) is 1. The molecular weight excluding hydrogens is 256 g/mol. The molecule has 0 fully saturated rings. The van der Waals surface area contributed by atoms with Gasteiger partial charge in [-0.25, -0.2) is 0 Å². The summed E-state index contributed by atoms with van der Waals surface area (Å²) < 4.78 is 0. The number of rotatable bonds is 6. The first-order valence-corrected chi connectivity index (χ1v) is 7.07. The van der Waals surface area contributed by atoms with E-state index in [2.05, 4.69) is 47.6 Å². The van der Waals surface area contributed by atoms with Crippen LogP contribution in [0.3, 0.4) is 0 Å². The van der Waals surface area contributed by atoms with Gasteiger partial charge in [-0.3, -0.25) is 4.98 Å². The average molecular weight is 275 g/mol. The van der Waals surface area contributed by atoms with Gasteiger partial charge < -0.3 is 5.32 Å². The smallest absolute Gasteiger partial charge is 0.0570 e. The maximum absolute atomic E-state index is 6.04. The molecule has 2 nitrogen and oxygen atoms in total. The molecule has 1 aromatic heterocycles. The summed E-state index contributed by atoms with van der Waals surface area (Å²) in [6.07, 6.45) is 2.77. The van der Waals surface area contributed by atoms with E-state index in [-0.39, 0.29) is 6.04 Å². The molecule has 1 atom stereocenters. The van der Waals surface area contributed by atoms with E-state index >= 15 is 0 Å². The van der Waals surface area contributed by atoms with E-state index < -0.39 is 0 Å². The molecule has 2 rings (SSSR count). The third-order valence-corrected chi connectivity index (χ3v) is 3.56. The molecule has 0 radical (unpaired) electrons. The number of pyridine rings is 1. The Morgan fingerprint density at radius 1 is 1.16 bits per heavy atom. The van der Waals surface area contributed by atoms with Crippen LogP contribution in [0.1, 0.15) is 16.8 Å². The summed E-state index contributed by atoms with van der Waals surface area (Å²) >= 11 is 6.04. The zero-order valence-corrected chi connectivity index (χ0v) is 11.9. The summed E-state index contributed by atoms with van der Waals surface area (Å²) in [7, 11) is 0. The number of aryl methyl sites for hydroxylation is 1. The van der Waals surface area contributed by atoms with Crippen LogP contribution in [0.25, 0.3) is 0 Å². The third-order valence-electron chi connectivity index (χ3n) is 3.19. The molecule has 3 heteroatoms. The van der Waals surface area contributed by atoms with Gasteiger partial charge in [0.15, 0.2) is 0 Å². The highest BCUT2D eigenvalue weighted by Gasteiger charge is 2.08. The van der Waals surface area contributed by atoms with Crippen LogP contribution < -0.4 is 5.32 Å². The van der Waals surface area contributed by atoms with Crippen molar-refractivity contribution in [2.24, 2.45) is 0 Å². The van der Waals surface area contributed by atoms with Crippen LogP contribution in [0, 0.1) is 6.92 Å². The highest BCUT2D eigenvalue weighted by atomic mass is 35.5. The molecule has 1 unspecified atom stereocenters. The van der Waals surface area contributed by atoms with Gasteiger partial charge in [0.2, 0.25) is 0 Å². The van der Waals surface area contributed by atoms with E-state index in [1.165, 1.54) is 11.1 Å². The fourth-order valence-electron chi connectivity index (χ4n) is 2.02. The first-order chi connectivity index (χ1) is 9.29. The van der Waals surface area contributed by atoms with Crippen LogP contribution in [-0.2, 0) is 13.0 Å². The predicted molar refractivity (Wildman–Crippen MR) is 80.5 cm³/mol. The molecule has 0 saturated heterocycles. The van der Waals surface area contributed by atoms with Crippen LogP contribution >= 0.6 is 11.6 Å². The molecule has 2 aromatic rings. The molecule has 0 bridgehead atoms. The van der Waals surface area contributed by atoms with E-state index in [4.69, 9.17) is 11.6 Å². The third kappa shape index (κ3) is 4.34. The first-order valence-electron chi connectivity index (χ1n) is 6.53. The Balaban J connectivity index is 1.91. The van der Waals surface area contributed by atoms with Crippen LogP contribution in [-0.4, -0.2) is 16.9 Å². The summed E-state index contributed by atoms with van der Waals surface area (Å²) in [5.41, 5.74) is 3.60. The molecule has 1 N–H and O–H groups in total. The Morgan fingerprint density at radius 3 is 2.63 bits per heavy atom. The maximum atomic E-state index is 6.04. The quantitative estimate of drug-likeness (QED) is 0.818. The minimum absolute atomic E-state index is 0.269. The van der Waals surface area contributed by atoms with Crippen molar-refractivity contribution in [1.82, 2.24) is 10.3 Å². The van der Waals surface area contributed by atoms with Crippen molar-refractivity contribution in [3.8, 4) is 0 Å². The van der Waals surface area contributed by atoms with Crippen LogP contribution in [0.4, 0.5) is 0 Å². The Kier molecular flexibility index (Phi) is 5.37. The van der Waals surface area contributed by atoms with Gasteiger partial charge in [0.1, 0.15) is 0 Å². The van der Waals surface area contributed by atoms with Gasteiger partial charge in [-0.05, 0) is 30.5 Å². The number of alkyl halides is 1. The van der Waals surface area contributed by atoms with E-state index in [9.17, 15) is 0 Å². The van der Waals surface area contributed by atoms with E-state index in [0.717, 1.165) is 18.7 Å². The van der Waals surface area contributed by atoms with Gasteiger partial charge in [-0.1, -0.05) is 36.4 Å². The molecule has 0 aliphatic carbocycles. The fraction of sp³-hybridized carbons (Fsp3) is 0.312. The number of aromatic nitrogens is 1. The van der Waals surface area contributed by atoms with Gasteiger partial charge in [0.25, 0.3) is 0 Å². The predicted octanol–water partition coefficient (Wildman–Crippen LogP) is 3.33. The molecule has 0 amide bonds. The van der Waals surface area contributed by atoms with Crippen LogP contribution in [0.2, 0.25) is 0 Å². The highest BCUT2D eigenvalue weighted by molar-refractivity contribution is 6.18. The van der Waals surface area contributed by atoms with Gasteiger partial charge >= 0.3 is 0 Å². The van der Waals surface area contributed by atoms with E-state index in [1.807, 2.05) is 18.3 Å². The monoisotopic (exact) mass is 274 g/mol. The number of hydrogen-bond donors (Lipinski definition) is 1. The lowest BCUT2D eigenvalue weighted by atomic mass is 10.1. The summed E-state index contributed by atoms with van der Waals surface area (Å²) in [5.74, 6) is 0.598. The normalized spacial score (nSPS) is 12.3. The first kappa shape index (κ1) is 14.0. The van der Waals surface area contributed by atoms with Crippen molar-refractivity contribution in [2.75, 3.05) is 5.88 Å². The lowest BCUT2D eigenvalue weighted by Gasteiger charge is -2.16. The Bertz CT molecular complexity index is 499. The molecular formula is C16H19ClN2. The largest absolute Gasteiger partial charge is 0.307 e. The molecule has 19 heavy (non-hydrogen) atoms. The second-order valence-corrected chi connectivity index (χ2v) is 5.00. The van der Waals surface area contributed by atoms with Crippen molar-refractivity contribution in [3.63, 3.8) is 0 Å². The maximum Gasteiger partial charge on any atom is 0.0570 e. The van der Waals surface area contributed by atoms with Gasteiger partial charge in [0.05, 0.1) is 5.69 Å². The minimum atomic E-state index is 0.269. The summed E-state index contributed by atoms with van der Waals surface area (Å²) in [6, 6.07) is 14.7. The molecule has 0 aliphatic rings. The number of hydrogen-bond acceptors (Lipinski definition) is 2. The molecule has 0 aliphatic heterocycles. The lowest BCUT2D eigenvalue weighted by Crippen LogP contribution is -2.32. The summed E-state index contributed by atoms with van der Waals surface area (Å²) in [5, 5.41) is 3.48. The molecule has 0 saturated carbocycles. The second-order valence-electron chi connectivity index (χ2n) is 4.69. The molecule has 100 valence electrons. The number of nitrogens with zero attached hydrogens (tertiary/aromatic N) is 1. The molecule has 1 aromatic carbocycles. The van der Waals surface area contributed by atoms with E-state index in [0.29, 0.717) is 5.88 Å². The van der Waals surface area contributed by atoms with Crippen molar-refractivity contribution in [1.29, 1.82) is 0 Å². The zero-order valence-electron chi connectivity index (χ0n) is 11.1. The summed E-state index contributed by atoms with van der Waals surface area (Å²) in [6.45, 7) is 2.84. The Hall–Kier alpha value is -1.38. The van der Waals surface area contributed by atoms with Gasteiger partial charge in [-0.2, -0.15) is 0 Å². The second kappa shape index (κ2) is 7.27. The SMILES string of the molecule is Cc1cccnc1CNC(CCl)Cc1ccccc1. The standard InChI is InChI=1S/C16H19ClN2/c1-13-6-5-9-18-16(13)12-19-15(11-17)10-14-7-3-2-4-8-14/h2-9,15,19H,10-12H2,1H3. The fourth-order valence-corrected chi connectivity index (χ4v) is 2.24. The highest BCUT2D eigenvalue weighted by Crippen LogP contribution is 2.07. The number of halogens is 1. The van der Waals surface area contributed by atoms with Crippen LogP contribution in [0.15, 0.2) is 48.7 Å². The van der Waals surface area contributed by atoms with Crippen molar-refractivity contribution < 1.29 is 0 Å². The molecule has 0 spiro atoms. The van der Waals surface area contributed by atoms with Gasteiger partial charge in [-0.15, -0.1) is 11.6 Å². The minimum Gasteiger partial charge on any atom is -0.307 e. The zero-order chi connectivity index (χ0) is 13.5. The van der Waals surface area contributed by atoms with E-state index in [1.54, 1.807) is 0 Å². The number of benzene rings is 1. The Labute approximate surface area is 119 Å². The van der Waals surface area contributed by atoms with Crippen molar-refractivity contribution in [2.45, 2.75) is 25.9 Å². The average Bonchev–Trinajstić information content (AvgIpc) is 2.46. The topological polar surface area (TPSA) is 24.9 Å². The van der Waals surface area contributed by atoms with Crippen molar-refractivity contribution in [3.05, 3.63) is 65.5 Å². The van der Waals surface area contributed by atoms with Gasteiger partial charge in [0, 0.05) is 24.7 Å². The Morgan fingerprint density at radius 2 is 1.95 bits per heavy atom. The molecule has 1 heterocycles. The van der Waals surface area contributed by atoms with Crippen molar-refractivity contribution >= 4 is 11.6 Å².